The molecule has 44 valence electrons. The Morgan fingerprint density at radius 2 is 2.50 bits per heavy atom. The third-order valence-corrected chi connectivity index (χ3v) is 2.83. The van der Waals surface area contributed by atoms with Crippen LogP contribution in [0.2, 0.25) is 0 Å². The standard InChI is InChI=1S/C5H6S3/c1-7-4-2-5(6)8-3-4/h2-3,6H,1H3. The second kappa shape index (κ2) is 2.80. The van der Waals surface area contributed by atoms with Gasteiger partial charge in [0.25, 0.3) is 0 Å². The van der Waals surface area contributed by atoms with E-state index in [1.807, 2.05) is 0 Å². The van der Waals surface area contributed by atoms with Crippen LogP contribution in [0.25, 0.3) is 0 Å². The van der Waals surface area contributed by atoms with Crippen LogP contribution in [0.5, 0.6) is 0 Å². The van der Waals surface area contributed by atoms with E-state index in [-0.39, 0.29) is 0 Å². The summed E-state index contributed by atoms with van der Waals surface area (Å²) in [6.45, 7) is 0. The molecule has 3 heteroatoms. The van der Waals surface area contributed by atoms with E-state index in [0.29, 0.717) is 0 Å². The fourth-order valence-corrected chi connectivity index (χ4v) is 2.14. The van der Waals surface area contributed by atoms with Crippen molar-refractivity contribution in [2.45, 2.75) is 9.10 Å². The zero-order valence-corrected chi connectivity index (χ0v) is 6.95. The molecule has 0 atom stereocenters. The van der Waals surface area contributed by atoms with Crippen LogP contribution in [0.3, 0.4) is 0 Å². The molecular weight excluding hydrogens is 156 g/mol. The Balaban J connectivity index is 2.84. The number of thiol groups is 1. The van der Waals surface area contributed by atoms with Gasteiger partial charge in [-0.25, -0.2) is 0 Å². The average Bonchev–Trinajstić information content (AvgIpc) is 2.14. The smallest absolute Gasteiger partial charge is 0.0579 e. The molecule has 0 N–H and O–H groups in total. The molecular formula is C5H6S3. The predicted octanol–water partition coefficient (Wildman–Crippen LogP) is 2.76. The van der Waals surface area contributed by atoms with E-state index in [0.717, 1.165) is 4.21 Å². The minimum absolute atomic E-state index is 1.09. The zero-order valence-electron chi connectivity index (χ0n) is 4.42. The van der Waals surface area contributed by atoms with Gasteiger partial charge in [0, 0.05) is 10.3 Å². The Kier molecular flexibility index (Phi) is 2.28. The molecule has 1 aromatic heterocycles. The summed E-state index contributed by atoms with van der Waals surface area (Å²) in [4.78, 5) is 1.31. The fourth-order valence-electron chi connectivity index (χ4n) is 0.415. The summed E-state index contributed by atoms with van der Waals surface area (Å²) in [6.07, 6.45) is 2.06. The van der Waals surface area contributed by atoms with Gasteiger partial charge < -0.3 is 0 Å². The van der Waals surface area contributed by atoms with Crippen molar-refractivity contribution in [1.29, 1.82) is 0 Å². The molecule has 0 spiro atoms. The van der Waals surface area contributed by atoms with E-state index in [9.17, 15) is 0 Å². The molecule has 0 bridgehead atoms. The highest BCUT2D eigenvalue weighted by molar-refractivity contribution is 7.98. The quantitative estimate of drug-likeness (QED) is 0.489. The molecule has 0 aliphatic rings. The average molecular weight is 162 g/mol. The maximum atomic E-state index is 4.16. The highest BCUT2D eigenvalue weighted by atomic mass is 32.2. The van der Waals surface area contributed by atoms with Crippen molar-refractivity contribution in [1.82, 2.24) is 0 Å². The third kappa shape index (κ3) is 1.44. The molecule has 0 fully saturated rings. The lowest BCUT2D eigenvalue weighted by Gasteiger charge is -1.79. The van der Waals surface area contributed by atoms with Crippen LogP contribution >= 0.6 is 35.7 Å². The van der Waals surface area contributed by atoms with Gasteiger partial charge >= 0.3 is 0 Å². The van der Waals surface area contributed by atoms with Gasteiger partial charge in [0.2, 0.25) is 0 Å². The first-order chi connectivity index (χ1) is 3.83. The number of rotatable bonds is 1. The topological polar surface area (TPSA) is 0 Å². The van der Waals surface area contributed by atoms with E-state index in [1.165, 1.54) is 4.90 Å². The van der Waals surface area contributed by atoms with Gasteiger partial charge in [-0.1, -0.05) is 0 Å². The van der Waals surface area contributed by atoms with Crippen LogP contribution in [0.4, 0.5) is 0 Å². The lowest BCUT2D eigenvalue weighted by atomic mass is 10.7. The number of hydrogen-bond donors (Lipinski definition) is 1. The maximum absolute atomic E-state index is 4.16. The molecule has 0 aliphatic heterocycles. The summed E-state index contributed by atoms with van der Waals surface area (Å²) >= 11 is 7.59. The second-order valence-corrected chi connectivity index (χ2v) is 3.90. The van der Waals surface area contributed by atoms with Gasteiger partial charge in [0.05, 0.1) is 4.21 Å². The van der Waals surface area contributed by atoms with Crippen LogP contribution in [-0.4, -0.2) is 6.26 Å². The van der Waals surface area contributed by atoms with Crippen LogP contribution in [0.15, 0.2) is 20.6 Å². The molecule has 1 heterocycles. The molecule has 0 nitrogen and oxygen atoms in total. The van der Waals surface area contributed by atoms with Crippen molar-refractivity contribution in [3.8, 4) is 0 Å². The molecule has 0 aliphatic carbocycles. The van der Waals surface area contributed by atoms with E-state index >= 15 is 0 Å². The summed E-state index contributed by atoms with van der Waals surface area (Å²) in [5.74, 6) is 0. The van der Waals surface area contributed by atoms with Gasteiger partial charge in [0.1, 0.15) is 0 Å². The third-order valence-electron chi connectivity index (χ3n) is 0.797. The van der Waals surface area contributed by atoms with Crippen molar-refractivity contribution in [2.75, 3.05) is 6.26 Å². The first-order valence-electron chi connectivity index (χ1n) is 2.14. The first kappa shape index (κ1) is 6.52. The van der Waals surface area contributed by atoms with E-state index in [2.05, 4.69) is 30.3 Å². The van der Waals surface area contributed by atoms with Crippen molar-refractivity contribution >= 4 is 35.7 Å². The molecule has 0 unspecified atom stereocenters. The van der Waals surface area contributed by atoms with Crippen molar-refractivity contribution in [2.24, 2.45) is 0 Å². The molecule has 0 radical (unpaired) electrons. The Labute approximate surface area is 62.7 Å². The monoisotopic (exact) mass is 162 g/mol. The summed E-state index contributed by atoms with van der Waals surface area (Å²) in [7, 11) is 0. The van der Waals surface area contributed by atoms with Gasteiger partial charge in [-0.15, -0.1) is 35.7 Å². The number of thioether (sulfide) groups is 1. The first-order valence-corrected chi connectivity index (χ1v) is 4.69. The predicted molar refractivity (Wildman–Crippen MR) is 43.4 cm³/mol. The van der Waals surface area contributed by atoms with Crippen molar-refractivity contribution in [3.63, 3.8) is 0 Å². The van der Waals surface area contributed by atoms with Crippen LogP contribution < -0.4 is 0 Å². The molecule has 1 rings (SSSR count). The summed E-state index contributed by atoms with van der Waals surface area (Å²) in [5.41, 5.74) is 0. The Bertz CT molecular complexity index is 168. The van der Waals surface area contributed by atoms with Crippen LogP contribution in [0.1, 0.15) is 0 Å². The van der Waals surface area contributed by atoms with E-state index in [4.69, 9.17) is 0 Å². The van der Waals surface area contributed by atoms with Crippen LogP contribution in [-0.2, 0) is 0 Å². The SMILES string of the molecule is CSc1csc(S)c1. The lowest BCUT2D eigenvalue weighted by molar-refractivity contribution is 1.53. The highest BCUT2D eigenvalue weighted by Crippen LogP contribution is 2.24. The highest BCUT2D eigenvalue weighted by Gasteiger charge is 1.90. The Morgan fingerprint density at radius 3 is 2.75 bits per heavy atom. The van der Waals surface area contributed by atoms with Gasteiger partial charge in [-0.05, 0) is 12.3 Å². The summed E-state index contributed by atoms with van der Waals surface area (Å²) in [6, 6.07) is 2.07. The van der Waals surface area contributed by atoms with Crippen LogP contribution in [0, 0.1) is 0 Å². The molecule has 1 aromatic rings. The lowest BCUT2D eigenvalue weighted by Crippen LogP contribution is -1.51. The Morgan fingerprint density at radius 1 is 1.75 bits per heavy atom. The van der Waals surface area contributed by atoms with Crippen molar-refractivity contribution < 1.29 is 0 Å². The second-order valence-electron chi connectivity index (χ2n) is 1.32. The number of hydrogen-bond acceptors (Lipinski definition) is 3. The summed E-state index contributed by atoms with van der Waals surface area (Å²) < 4.78 is 1.09. The largest absolute Gasteiger partial charge is 0.137 e. The van der Waals surface area contributed by atoms with Gasteiger partial charge in [-0.3, -0.25) is 0 Å². The number of thiophene rings is 1. The van der Waals surface area contributed by atoms with E-state index in [1.54, 1.807) is 23.1 Å². The molecule has 0 amide bonds. The summed E-state index contributed by atoms with van der Waals surface area (Å²) in [5, 5.41) is 2.10. The zero-order chi connectivity index (χ0) is 5.98. The van der Waals surface area contributed by atoms with Crippen molar-refractivity contribution in [3.05, 3.63) is 11.4 Å². The van der Waals surface area contributed by atoms with Gasteiger partial charge in [-0.2, -0.15) is 0 Å². The maximum Gasteiger partial charge on any atom is 0.0579 e. The molecule has 0 aromatic carbocycles. The molecule has 8 heavy (non-hydrogen) atoms. The van der Waals surface area contributed by atoms with Gasteiger partial charge in [0.15, 0.2) is 0 Å². The minimum Gasteiger partial charge on any atom is -0.137 e. The molecule has 0 saturated carbocycles. The molecule has 0 saturated heterocycles. The normalized spacial score (nSPS) is 9.75. The minimum atomic E-state index is 1.09. The van der Waals surface area contributed by atoms with E-state index < -0.39 is 0 Å². The fraction of sp³-hybridized carbons (Fsp3) is 0.200. The Hall–Kier alpha value is 0.400.